The number of carbonyl (C=O) groups excluding carboxylic acids is 2. The van der Waals surface area contributed by atoms with Crippen molar-refractivity contribution in [3.8, 4) is 17.1 Å². The Labute approximate surface area is 216 Å². The lowest BCUT2D eigenvalue weighted by molar-refractivity contribution is -0.137. The van der Waals surface area contributed by atoms with Gasteiger partial charge < -0.3 is 19.4 Å². The second kappa shape index (κ2) is 10.1. The highest BCUT2D eigenvalue weighted by atomic mass is 19.4. The third-order valence-electron chi connectivity index (χ3n) is 6.35. The number of rotatable bonds is 5. The zero-order chi connectivity index (χ0) is 26.9. The standard InChI is InChI=1S/C29H23F3N2O4/c1-37-24-7-3-4-19(15-24)27(35)33-23-10-8-18(9-11-23)26-16-21-17-34(13-12-25(21)38-26)28(36)20-5-2-6-22(14-20)29(30,31)32/h2-11,14-16H,12-13,17H2,1H3,(H,33,35). The van der Waals surface area contributed by atoms with Crippen LogP contribution in [0.4, 0.5) is 18.9 Å². The van der Waals surface area contributed by atoms with Crippen molar-refractivity contribution in [2.45, 2.75) is 19.1 Å². The fourth-order valence-electron chi connectivity index (χ4n) is 4.35. The van der Waals surface area contributed by atoms with Gasteiger partial charge in [-0.3, -0.25) is 9.59 Å². The second-order valence-corrected chi connectivity index (χ2v) is 8.88. The third kappa shape index (κ3) is 5.27. The Morgan fingerprint density at radius 1 is 0.947 bits per heavy atom. The van der Waals surface area contributed by atoms with Crippen LogP contribution in [-0.4, -0.2) is 30.4 Å². The normalized spacial score (nSPS) is 13.1. The van der Waals surface area contributed by atoms with Crippen LogP contribution < -0.4 is 10.1 Å². The summed E-state index contributed by atoms with van der Waals surface area (Å²) in [6.45, 7) is 0.576. The van der Waals surface area contributed by atoms with Crippen molar-refractivity contribution in [3.05, 3.63) is 107 Å². The fourth-order valence-corrected chi connectivity index (χ4v) is 4.35. The van der Waals surface area contributed by atoms with Crippen LogP contribution in [0.3, 0.4) is 0 Å². The number of anilines is 1. The Morgan fingerprint density at radius 3 is 2.42 bits per heavy atom. The van der Waals surface area contributed by atoms with Crippen LogP contribution in [0.2, 0.25) is 0 Å². The number of fused-ring (bicyclic) bond motifs is 1. The molecular formula is C29H23F3N2O4. The van der Waals surface area contributed by atoms with E-state index < -0.39 is 17.6 Å². The van der Waals surface area contributed by atoms with Crippen LogP contribution in [-0.2, 0) is 19.1 Å². The van der Waals surface area contributed by atoms with E-state index in [0.29, 0.717) is 35.7 Å². The maximum absolute atomic E-state index is 13.1. The molecule has 38 heavy (non-hydrogen) atoms. The Morgan fingerprint density at radius 2 is 1.68 bits per heavy atom. The van der Waals surface area contributed by atoms with E-state index in [0.717, 1.165) is 29.0 Å². The second-order valence-electron chi connectivity index (χ2n) is 8.88. The van der Waals surface area contributed by atoms with Crippen molar-refractivity contribution in [1.82, 2.24) is 4.90 Å². The molecule has 5 rings (SSSR count). The summed E-state index contributed by atoms with van der Waals surface area (Å²) in [7, 11) is 1.54. The monoisotopic (exact) mass is 520 g/mol. The highest BCUT2D eigenvalue weighted by Crippen LogP contribution is 2.32. The van der Waals surface area contributed by atoms with Gasteiger partial charge in [0.2, 0.25) is 0 Å². The van der Waals surface area contributed by atoms with Gasteiger partial charge in [-0.15, -0.1) is 0 Å². The smallest absolute Gasteiger partial charge is 0.416 e. The van der Waals surface area contributed by atoms with E-state index in [4.69, 9.17) is 9.15 Å². The number of hydrogen-bond donors (Lipinski definition) is 1. The molecule has 9 heteroatoms. The molecule has 0 radical (unpaired) electrons. The first-order chi connectivity index (χ1) is 18.2. The van der Waals surface area contributed by atoms with Gasteiger partial charge in [-0.25, -0.2) is 0 Å². The van der Waals surface area contributed by atoms with Crippen molar-refractivity contribution in [3.63, 3.8) is 0 Å². The van der Waals surface area contributed by atoms with Crippen LogP contribution >= 0.6 is 0 Å². The van der Waals surface area contributed by atoms with Gasteiger partial charge >= 0.3 is 6.18 Å². The lowest BCUT2D eigenvalue weighted by Gasteiger charge is -2.26. The van der Waals surface area contributed by atoms with Crippen molar-refractivity contribution in [1.29, 1.82) is 0 Å². The molecule has 0 bridgehead atoms. The predicted octanol–water partition coefficient (Wildman–Crippen LogP) is 6.42. The molecule has 4 aromatic rings. The van der Waals surface area contributed by atoms with Gasteiger partial charge in [0.15, 0.2) is 0 Å². The topological polar surface area (TPSA) is 71.8 Å². The SMILES string of the molecule is COc1cccc(C(=O)Nc2ccc(-c3cc4c(o3)CCN(C(=O)c3cccc(C(F)(F)F)c3)C4)cc2)c1. The average molecular weight is 521 g/mol. The summed E-state index contributed by atoms with van der Waals surface area (Å²) in [6, 6.07) is 20.3. The van der Waals surface area contributed by atoms with Crippen LogP contribution in [0.1, 0.15) is 37.6 Å². The number of carbonyl (C=O) groups is 2. The van der Waals surface area contributed by atoms with E-state index in [2.05, 4.69) is 5.32 Å². The van der Waals surface area contributed by atoms with Gasteiger partial charge in [0, 0.05) is 47.5 Å². The van der Waals surface area contributed by atoms with Gasteiger partial charge in [0.25, 0.3) is 11.8 Å². The molecule has 2 heterocycles. The fraction of sp³-hybridized carbons (Fsp3) is 0.172. The summed E-state index contributed by atoms with van der Waals surface area (Å²) in [6.07, 6.45) is -4.06. The number of nitrogens with zero attached hydrogens (tertiary/aromatic N) is 1. The van der Waals surface area contributed by atoms with E-state index in [1.165, 1.54) is 24.1 Å². The summed E-state index contributed by atoms with van der Waals surface area (Å²) in [5.41, 5.74) is 1.82. The molecule has 1 aliphatic rings. The lowest BCUT2D eigenvalue weighted by Crippen LogP contribution is -2.35. The molecule has 0 fully saturated rings. The molecule has 194 valence electrons. The number of nitrogens with one attached hydrogen (secondary N) is 1. The van der Waals surface area contributed by atoms with Gasteiger partial charge in [-0.05, 0) is 66.7 Å². The number of alkyl halides is 3. The quantitative estimate of drug-likeness (QED) is 0.330. The first-order valence-corrected chi connectivity index (χ1v) is 11.9. The van der Waals surface area contributed by atoms with E-state index in [9.17, 15) is 22.8 Å². The minimum atomic E-state index is -4.52. The number of hydrogen-bond acceptors (Lipinski definition) is 4. The van der Waals surface area contributed by atoms with Crippen molar-refractivity contribution >= 4 is 17.5 Å². The molecular weight excluding hydrogens is 497 g/mol. The summed E-state index contributed by atoms with van der Waals surface area (Å²) in [5, 5.41) is 2.84. The Bertz CT molecular complexity index is 1490. The molecule has 1 N–H and O–H groups in total. The first-order valence-electron chi connectivity index (χ1n) is 11.9. The summed E-state index contributed by atoms with van der Waals surface area (Å²) < 4.78 is 50.4. The predicted molar refractivity (Wildman–Crippen MR) is 135 cm³/mol. The van der Waals surface area contributed by atoms with Crippen LogP contribution in [0.5, 0.6) is 5.75 Å². The van der Waals surface area contributed by atoms with E-state index in [-0.39, 0.29) is 18.0 Å². The number of amides is 2. The molecule has 2 amide bonds. The summed E-state index contributed by atoms with van der Waals surface area (Å²) in [4.78, 5) is 27.0. The molecule has 0 saturated heterocycles. The molecule has 1 aromatic heterocycles. The van der Waals surface area contributed by atoms with Gasteiger partial charge in [-0.2, -0.15) is 13.2 Å². The Kier molecular flexibility index (Phi) is 6.67. The van der Waals surface area contributed by atoms with E-state index >= 15 is 0 Å². The highest BCUT2D eigenvalue weighted by Gasteiger charge is 2.32. The van der Waals surface area contributed by atoms with Crippen LogP contribution in [0.15, 0.2) is 83.3 Å². The number of benzene rings is 3. The minimum Gasteiger partial charge on any atom is -0.497 e. The average Bonchev–Trinajstić information content (AvgIpc) is 3.36. The third-order valence-corrected chi connectivity index (χ3v) is 6.35. The number of methoxy groups -OCH3 is 1. The van der Waals surface area contributed by atoms with Crippen molar-refractivity contribution in [2.75, 3.05) is 19.0 Å². The number of ether oxygens (including phenoxy) is 1. The Hall–Kier alpha value is -4.53. The molecule has 6 nitrogen and oxygen atoms in total. The molecule has 0 unspecified atom stereocenters. The lowest BCUT2D eigenvalue weighted by atomic mass is 10.0. The molecule has 1 aliphatic heterocycles. The first kappa shape index (κ1) is 25.1. The van der Waals surface area contributed by atoms with Crippen molar-refractivity contribution in [2.24, 2.45) is 0 Å². The van der Waals surface area contributed by atoms with E-state index in [1.54, 1.807) is 36.4 Å². The van der Waals surface area contributed by atoms with Crippen LogP contribution in [0.25, 0.3) is 11.3 Å². The molecule has 0 saturated carbocycles. The molecule has 3 aromatic carbocycles. The summed E-state index contributed by atoms with van der Waals surface area (Å²) >= 11 is 0. The summed E-state index contributed by atoms with van der Waals surface area (Å²) in [5.74, 6) is 1.21. The Balaban J connectivity index is 1.27. The van der Waals surface area contributed by atoms with Gasteiger partial charge in [-0.1, -0.05) is 12.1 Å². The zero-order valence-corrected chi connectivity index (χ0v) is 20.3. The largest absolute Gasteiger partial charge is 0.497 e. The number of furan rings is 1. The zero-order valence-electron chi connectivity index (χ0n) is 20.3. The van der Waals surface area contributed by atoms with Gasteiger partial charge in [0.05, 0.1) is 12.7 Å². The minimum absolute atomic E-state index is 0.00132. The maximum atomic E-state index is 13.1. The molecule has 0 aliphatic carbocycles. The van der Waals surface area contributed by atoms with Crippen molar-refractivity contribution < 1.29 is 31.9 Å². The number of halogens is 3. The van der Waals surface area contributed by atoms with Crippen LogP contribution in [0, 0.1) is 0 Å². The molecule has 0 spiro atoms. The maximum Gasteiger partial charge on any atom is 0.416 e. The molecule has 0 atom stereocenters. The highest BCUT2D eigenvalue weighted by molar-refractivity contribution is 6.04. The van der Waals surface area contributed by atoms with E-state index in [1.807, 2.05) is 18.2 Å². The van der Waals surface area contributed by atoms with Gasteiger partial charge in [0.1, 0.15) is 17.3 Å².